The number of nitrogens with one attached hydrogen (secondary N) is 1. The first-order chi connectivity index (χ1) is 8.43. The number of fused-ring (bicyclic) bond motifs is 1. The van der Waals surface area contributed by atoms with E-state index >= 15 is 0 Å². The number of H-pyrrole nitrogens is 1. The Bertz CT molecular complexity index is 631. The van der Waals surface area contributed by atoms with Crippen LogP contribution in [0.25, 0.3) is 16.6 Å². The third-order valence-electron chi connectivity index (χ3n) is 2.24. The van der Waals surface area contributed by atoms with Crippen LogP contribution >= 0.6 is 0 Å². The fraction of sp³-hybridized carbons (Fsp3) is 0.0909. The summed E-state index contributed by atoms with van der Waals surface area (Å²) in [5.41, 5.74) is -0.0378. The molecule has 0 spiro atoms. The van der Waals surface area contributed by atoms with Gasteiger partial charge in [0.2, 0.25) is 5.76 Å². The summed E-state index contributed by atoms with van der Waals surface area (Å²) < 4.78 is 37.0. The van der Waals surface area contributed by atoms with Crippen LogP contribution in [0.15, 0.2) is 30.0 Å². The first kappa shape index (κ1) is 12.0. The number of para-hydroxylation sites is 2. The van der Waals surface area contributed by atoms with Gasteiger partial charge in [-0.2, -0.15) is 18.4 Å². The lowest BCUT2D eigenvalue weighted by Gasteiger charge is -2.05. The van der Waals surface area contributed by atoms with E-state index in [0.717, 1.165) is 0 Å². The minimum Gasteiger partial charge on any atom is -0.503 e. The van der Waals surface area contributed by atoms with Crippen molar-refractivity contribution in [1.82, 2.24) is 9.97 Å². The van der Waals surface area contributed by atoms with Crippen LogP contribution in [0.3, 0.4) is 0 Å². The Morgan fingerprint density at radius 3 is 2.56 bits per heavy atom. The van der Waals surface area contributed by atoms with Crippen molar-refractivity contribution in [3.05, 3.63) is 35.8 Å². The van der Waals surface area contributed by atoms with Crippen LogP contribution in [0.5, 0.6) is 0 Å². The molecule has 0 fully saturated rings. The van der Waals surface area contributed by atoms with Crippen molar-refractivity contribution in [2.45, 2.75) is 6.18 Å². The topological polar surface area (TPSA) is 72.7 Å². The van der Waals surface area contributed by atoms with E-state index in [4.69, 9.17) is 10.4 Å². The molecule has 2 rings (SSSR count). The second-order valence-electron chi connectivity index (χ2n) is 3.44. The van der Waals surface area contributed by atoms with Crippen molar-refractivity contribution in [2.24, 2.45) is 0 Å². The average molecular weight is 253 g/mol. The van der Waals surface area contributed by atoms with Crippen LogP contribution in [0, 0.1) is 11.3 Å². The Kier molecular flexibility index (Phi) is 2.71. The maximum absolute atomic E-state index is 12.3. The van der Waals surface area contributed by atoms with Crippen LogP contribution in [-0.4, -0.2) is 21.3 Å². The third kappa shape index (κ3) is 2.00. The zero-order valence-electron chi connectivity index (χ0n) is 8.78. The lowest BCUT2D eigenvalue weighted by Crippen LogP contribution is -2.13. The third-order valence-corrected chi connectivity index (χ3v) is 2.24. The molecule has 0 unspecified atom stereocenters. The second-order valence-corrected chi connectivity index (χ2v) is 3.44. The molecule has 0 aliphatic carbocycles. The molecule has 4 nitrogen and oxygen atoms in total. The molecule has 0 amide bonds. The summed E-state index contributed by atoms with van der Waals surface area (Å²) in [6.45, 7) is 0. The lowest BCUT2D eigenvalue weighted by atomic mass is 10.2. The second kappa shape index (κ2) is 4.07. The monoisotopic (exact) mass is 253 g/mol. The Morgan fingerprint density at radius 1 is 1.33 bits per heavy atom. The van der Waals surface area contributed by atoms with Gasteiger partial charge in [0.25, 0.3) is 0 Å². The summed E-state index contributed by atoms with van der Waals surface area (Å²) in [6.07, 6.45) is -4.98. The van der Waals surface area contributed by atoms with Crippen molar-refractivity contribution in [1.29, 1.82) is 5.26 Å². The van der Waals surface area contributed by atoms with Crippen LogP contribution < -0.4 is 0 Å². The van der Waals surface area contributed by atoms with Gasteiger partial charge in [0.05, 0.1) is 11.0 Å². The van der Waals surface area contributed by atoms with Crippen molar-refractivity contribution in [3.63, 3.8) is 0 Å². The van der Waals surface area contributed by atoms with Gasteiger partial charge in [-0.25, -0.2) is 4.98 Å². The van der Waals surface area contributed by atoms with Crippen molar-refractivity contribution >= 4 is 16.6 Å². The normalized spacial score (nSPS) is 13.2. The number of aliphatic hydroxyl groups excluding tert-OH is 1. The molecule has 18 heavy (non-hydrogen) atoms. The Hall–Kier alpha value is -2.49. The molecule has 92 valence electrons. The number of imidazole rings is 1. The van der Waals surface area contributed by atoms with Crippen molar-refractivity contribution < 1.29 is 18.3 Å². The number of nitrogens with zero attached hydrogens (tertiary/aromatic N) is 2. The molecule has 2 N–H and O–H groups in total. The van der Waals surface area contributed by atoms with E-state index in [1.165, 1.54) is 6.07 Å². The molecule has 0 saturated heterocycles. The van der Waals surface area contributed by atoms with Gasteiger partial charge in [-0.05, 0) is 12.1 Å². The number of benzene rings is 1. The van der Waals surface area contributed by atoms with Crippen LogP contribution in [0.1, 0.15) is 5.82 Å². The molecule has 2 aromatic rings. The largest absolute Gasteiger partial charge is 0.503 e. The molecule has 7 heteroatoms. The number of allylic oxidation sites excluding steroid dienone is 2. The number of nitriles is 1. The highest BCUT2D eigenvalue weighted by Gasteiger charge is 2.38. The SMILES string of the molecule is N#C/C(=C(\O)C(F)(F)F)c1nc2ccccc2[nH]1. The van der Waals surface area contributed by atoms with Gasteiger partial charge in [-0.1, -0.05) is 12.1 Å². The first-order valence-electron chi connectivity index (χ1n) is 4.79. The minimum atomic E-state index is -4.98. The minimum absolute atomic E-state index is 0.312. The fourth-order valence-electron chi connectivity index (χ4n) is 1.43. The van der Waals surface area contributed by atoms with E-state index < -0.39 is 17.5 Å². The standard InChI is InChI=1S/C11H6F3N3O/c12-11(13,14)9(18)6(5-15)10-16-7-3-1-2-4-8(7)17-10/h1-4,18H,(H,16,17)/b9-6+. The zero-order valence-corrected chi connectivity index (χ0v) is 8.78. The summed E-state index contributed by atoms with van der Waals surface area (Å²) in [4.78, 5) is 6.37. The van der Waals surface area contributed by atoms with Crippen LogP contribution in [-0.2, 0) is 0 Å². The molecular weight excluding hydrogens is 247 g/mol. The van der Waals surface area contributed by atoms with E-state index in [-0.39, 0.29) is 5.82 Å². The predicted molar refractivity (Wildman–Crippen MR) is 57.3 cm³/mol. The van der Waals surface area contributed by atoms with Gasteiger partial charge in [0.1, 0.15) is 11.6 Å². The van der Waals surface area contributed by atoms with Crippen molar-refractivity contribution in [3.8, 4) is 6.07 Å². The van der Waals surface area contributed by atoms with Crippen LogP contribution in [0.2, 0.25) is 0 Å². The van der Waals surface area contributed by atoms with E-state index in [1.54, 1.807) is 24.3 Å². The predicted octanol–water partition coefficient (Wildman–Crippen LogP) is 2.92. The highest BCUT2D eigenvalue weighted by Crippen LogP contribution is 2.29. The number of aliphatic hydroxyl groups is 1. The van der Waals surface area contributed by atoms with Gasteiger partial charge in [0.15, 0.2) is 5.82 Å². The first-order valence-corrected chi connectivity index (χ1v) is 4.79. The number of aromatic nitrogens is 2. The Labute approximate surface area is 99.0 Å². The molecule has 1 aromatic carbocycles. The number of alkyl halides is 3. The smallest absolute Gasteiger partial charge is 0.450 e. The van der Waals surface area contributed by atoms with E-state index in [0.29, 0.717) is 11.0 Å². The van der Waals surface area contributed by atoms with E-state index in [1.807, 2.05) is 0 Å². The average Bonchev–Trinajstić information content (AvgIpc) is 2.71. The molecule has 0 saturated carbocycles. The summed E-state index contributed by atoms with van der Waals surface area (Å²) in [5.74, 6) is -2.27. The zero-order chi connectivity index (χ0) is 13.3. The van der Waals surface area contributed by atoms with Gasteiger partial charge >= 0.3 is 6.18 Å². The fourth-order valence-corrected chi connectivity index (χ4v) is 1.43. The van der Waals surface area contributed by atoms with E-state index in [9.17, 15) is 13.2 Å². The molecule has 0 aliphatic heterocycles. The lowest BCUT2D eigenvalue weighted by molar-refractivity contribution is -0.119. The number of rotatable bonds is 1. The molecule has 0 aliphatic rings. The van der Waals surface area contributed by atoms with Gasteiger partial charge in [-0.15, -0.1) is 0 Å². The molecule has 0 radical (unpaired) electrons. The molecule has 0 bridgehead atoms. The van der Waals surface area contributed by atoms with Gasteiger partial charge in [0, 0.05) is 0 Å². The Balaban J connectivity index is 2.62. The molecule has 1 aromatic heterocycles. The number of hydrogen-bond donors (Lipinski definition) is 2. The van der Waals surface area contributed by atoms with E-state index in [2.05, 4.69) is 9.97 Å². The number of aromatic amines is 1. The molecule has 0 atom stereocenters. The Morgan fingerprint density at radius 2 is 2.00 bits per heavy atom. The summed E-state index contributed by atoms with van der Waals surface area (Å²) in [6, 6.07) is 7.81. The number of hydrogen-bond acceptors (Lipinski definition) is 3. The maximum Gasteiger partial charge on any atom is 0.450 e. The quantitative estimate of drug-likeness (QED) is 0.606. The highest BCUT2D eigenvalue weighted by molar-refractivity contribution is 5.82. The van der Waals surface area contributed by atoms with Crippen LogP contribution in [0.4, 0.5) is 13.2 Å². The number of halogens is 3. The van der Waals surface area contributed by atoms with Crippen molar-refractivity contribution in [2.75, 3.05) is 0 Å². The maximum atomic E-state index is 12.3. The summed E-state index contributed by atoms with van der Waals surface area (Å²) in [7, 11) is 0. The summed E-state index contributed by atoms with van der Waals surface area (Å²) >= 11 is 0. The highest BCUT2D eigenvalue weighted by atomic mass is 19.4. The van der Waals surface area contributed by atoms with Gasteiger partial charge < -0.3 is 10.1 Å². The molecular formula is C11H6F3N3O. The van der Waals surface area contributed by atoms with Gasteiger partial charge in [-0.3, -0.25) is 0 Å². The molecule has 1 heterocycles. The summed E-state index contributed by atoms with van der Waals surface area (Å²) in [5, 5.41) is 17.7.